The van der Waals surface area contributed by atoms with Crippen molar-refractivity contribution < 1.29 is 13.5 Å². The Bertz CT molecular complexity index is 1140. The second-order valence-corrected chi connectivity index (χ2v) is 8.79. The lowest BCUT2D eigenvalue weighted by molar-refractivity contribution is 0.154. The Morgan fingerprint density at radius 3 is 2.82 bits per heavy atom. The molecule has 2 unspecified atom stereocenters. The minimum absolute atomic E-state index is 0.174. The fraction of sp³-hybridized carbons (Fsp3) is 0.478. The quantitative estimate of drug-likeness (QED) is 0.604. The molecule has 33 heavy (non-hydrogen) atoms. The van der Waals surface area contributed by atoms with E-state index in [4.69, 9.17) is 4.74 Å². The van der Waals surface area contributed by atoms with Crippen molar-refractivity contribution >= 4 is 11.8 Å². The lowest BCUT2D eigenvalue weighted by Crippen LogP contribution is -2.30. The molecule has 1 aromatic carbocycles. The van der Waals surface area contributed by atoms with Crippen LogP contribution in [0.5, 0.6) is 5.75 Å². The molecule has 2 aliphatic rings. The lowest BCUT2D eigenvalue weighted by atomic mass is 10.0. The first-order valence-electron chi connectivity index (χ1n) is 11.3. The minimum Gasteiger partial charge on any atom is -0.482 e. The van der Waals surface area contributed by atoms with E-state index in [1.54, 1.807) is 6.33 Å². The van der Waals surface area contributed by atoms with E-state index in [1.807, 2.05) is 17.7 Å². The van der Waals surface area contributed by atoms with Crippen LogP contribution in [0.3, 0.4) is 0 Å². The first kappa shape index (κ1) is 21.5. The van der Waals surface area contributed by atoms with E-state index in [1.165, 1.54) is 6.07 Å². The normalized spacial score (nSPS) is 21.0. The van der Waals surface area contributed by atoms with Crippen LogP contribution in [0.1, 0.15) is 43.8 Å². The van der Waals surface area contributed by atoms with Crippen LogP contribution >= 0.6 is 0 Å². The van der Waals surface area contributed by atoms with Crippen LogP contribution in [-0.4, -0.2) is 43.9 Å². The van der Waals surface area contributed by atoms with Crippen molar-refractivity contribution in [1.82, 2.24) is 24.7 Å². The summed E-state index contributed by atoms with van der Waals surface area (Å²) in [6.45, 7) is 6.72. The van der Waals surface area contributed by atoms with Gasteiger partial charge in [-0.1, -0.05) is 0 Å². The molecule has 8 nitrogen and oxygen atoms in total. The van der Waals surface area contributed by atoms with Crippen molar-refractivity contribution in [3.8, 4) is 5.75 Å². The first-order valence-corrected chi connectivity index (χ1v) is 11.3. The van der Waals surface area contributed by atoms with Gasteiger partial charge in [0.05, 0.1) is 0 Å². The molecule has 1 fully saturated rings. The summed E-state index contributed by atoms with van der Waals surface area (Å²) in [5.41, 5.74) is 0.961. The molecular formula is C23H27F2N7O. The number of halogens is 2. The molecule has 174 valence electrons. The number of fused-ring (bicyclic) bond motifs is 1. The Morgan fingerprint density at radius 1 is 1.12 bits per heavy atom. The monoisotopic (exact) mass is 455 g/mol. The highest BCUT2D eigenvalue weighted by molar-refractivity contribution is 5.40. The van der Waals surface area contributed by atoms with Crippen LogP contribution in [-0.2, 0) is 6.54 Å². The zero-order chi connectivity index (χ0) is 22.9. The number of anilines is 2. The molecule has 2 aromatic heterocycles. The van der Waals surface area contributed by atoms with Crippen molar-refractivity contribution in [1.29, 1.82) is 0 Å². The Balaban J connectivity index is 1.24. The third-order valence-electron chi connectivity index (χ3n) is 6.40. The third-order valence-corrected chi connectivity index (χ3v) is 6.40. The van der Waals surface area contributed by atoms with Gasteiger partial charge in [0.15, 0.2) is 23.6 Å². The SMILES string of the molecule is Cc1cc(N2CCC(C(C)Nc3nc4n(n3)CCC[C@H]4Oc3ccc(F)c(F)c3)C2)ncn1. The van der Waals surface area contributed by atoms with E-state index in [2.05, 4.69) is 37.2 Å². The van der Waals surface area contributed by atoms with Crippen molar-refractivity contribution in [2.75, 3.05) is 23.3 Å². The summed E-state index contributed by atoms with van der Waals surface area (Å²) in [6, 6.07) is 5.75. The van der Waals surface area contributed by atoms with Gasteiger partial charge in [0.1, 0.15) is 17.9 Å². The van der Waals surface area contributed by atoms with Gasteiger partial charge >= 0.3 is 0 Å². The average Bonchev–Trinajstić information content (AvgIpc) is 3.44. The number of nitrogens with one attached hydrogen (secondary N) is 1. The van der Waals surface area contributed by atoms with Crippen LogP contribution in [0.25, 0.3) is 0 Å². The van der Waals surface area contributed by atoms with Gasteiger partial charge in [-0.3, -0.25) is 0 Å². The molecule has 2 aliphatic heterocycles. The maximum Gasteiger partial charge on any atom is 0.242 e. The standard InChI is InChI=1S/C23H27F2N7O/c1-14-10-21(27-13-26-14)31-9-7-16(12-31)15(2)28-23-29-22-20(4-3-8-32(22)30-23)33-17-5-6-18(24)19(25)11-17/h5-6,10-11,13,15-16,20H,3-4,7-9,12H2,1-2H3,(H,28,30)/t15?,16?,20-/m1/s1. The molecule has 0 amide bonds. The predicted molar refractivity (Wildman–Crippen MR) is 119 cm³/mol. The summed E-state index contributed by atoms with van der Waals surface area (Å²) in [4.78, 5) is 15.6. The smallest absolute Gasteiger partial charge is 0.242 e. The number of rotatable bonds is 6. The maximum atomic E-state index is 13.6. The molecule has 0 saturated carbocycles. The molecule has 1 saturated heterocycles. The lowest BCUT2D eigenvalue weighted by Gasteiger charge is -2.23. The van der Waals surface area contributed by atoms with Gasteiger partial charge in [0, 0.05) is 43.5 Å². The Labute approximate surface area is 191 Å². The molecule has 0 bridgehead atoms. The van der Waals surface area contributed by atoms with Crippen molar-refractivity contribution in [3.63, 3.8) is 0 Å². The zero-order valence-electron chi connectivity index (χ0n) is 18.7. The summed E-state index contributed by atoms with van der Waals surface area (Å²) in [5.74, 6) is 1.11. The molecular weight excluding hydrogens is 428 g/mol. The summed E-state index contributed by atoms with van der Waals surface area (Å²) in [7, 11) is 0. The van der Waals surface area contributed by atoms with Gasteiger partial charge in [0.25, 0.3) is 0 Å². The van der Waals surface area contributed by atoms with Gasteiger partial charge < -0.3 is 15.0 Å². The van der Waals surface area contributed by atoms with E-state index in [-0.39, 0.29) is 17.9 Å². The van der Waals surface area contributed by atoms with Crippen LogP contribution < -0.4 is 15.0 Å². The Hall–Kier alpha value is -3.30. The highest BCUT2D eigenvalue weighted by Gasteiger charge is 2.30. The number of benzene rings is 1. The molecule has 0 radical (unpaired) electrons. The molecule has 0 aliphatic carbocycles. The third kappa shape index (κ3) is 4.60. The van der Waals surface area contributed by atoms with Crippen LogP contribution in [0.15, 0.2) is 30.6 Å². The van der Waals surface area contributed by atoms with E-state index in [0.717, 1.165) is 62.5 Å². The van der Waals surface area contributed by atoms with E-state index >= 15 is 0 Å². The maximum absolute atomic E-state index is 13.6. The average molecular weight is 456 g/mol. The Morgan fingerprint density at radius 2 is 2.00 bits per heavy atom. The summed E-state index contributed by atoms with van der Waals surface area (Å²) >= 11 is 0. The van der Waals surface area contributed by atoms with E-state index in [0.29, 0.717) is 17.7 Å². The molecule has 4 heterocycles. The molecule has 5 rings (SSSR count). The zero-order valence-corrected chi connectivity index (χ0v) is 18.7. The van der Waals surface area contributed by atoms with Crippen LogP contribution in [0, 0.1) is 24.5 Å². The van der Waals surface area contributed by atoms with Crippen molar-refractivity contribution in [2.24, 2.45) is 5.92 Å². The Kier molecular flexibility index (Phi) is 5.82. The number of ether oxygens (including phenoxy) is 1. The number of aromatic nitrogens is 5. The van der Waals surface area contributed by atoms with E-state index in [9.17, 15) is 8.78 Å². The second kappa shape index (κ2) is 8.92. The van der Waals surface area contributed by atoms with Crippen molar-refractivity contribution in [2.45, 2.75) is 51.8 Å². The number of aryl methyl sites for hydroxylation is 2. The van der Waals surface area contributed by atoms with Gasteiger partial charge in [0.2, 0.25) is 5.95 Å². The summed E-state index contributed by atoms with van der Waals surface area (Å²) in [5, 5.41) is 8.08. The molecule has 3 aromatic rings. The summed E-state index contributed by atoms with van der Waals surface area (Å²) < 4.78 is 34.6. The predicted octanol–water partition coefficient (Wildman–Crippen LogP) is 3.90. The molecule has 3 atom stereocenters. The molecule has 10 heteroatoms. The number of nitrogens with zero attached hydrogens (tertiary/aromatic N) is 6. The van der Waals surface area contributed by atoms with Gasteiger partial charge in [-0.15, -0.1) is 5.10 Å². The van der Waals surface area contributed by atoms with Crippen molar-refractivity contribution in [3.05, 3.63) is 53.7 Å². The first-order chi connectivity index (χ1) is 16.0. The van der Waals surface area contributed by atoms with Gasteiger partial charge in [-0.05, 0) is 51.2 Å². The minimum atomic E-state index is -0.927. The number of hydrogen-bond acceptors (Lipinski definition) is 7. The summed E-state index contributed by atoms with van der Waals surface area (Å²) in [6.07, 6.45) is 3.91. The topological polar surface area (TPSA) is 81.0 Å². The van der Waals surface area contributed by atoms with Crippen LogP contribution in [0.2, 0.25) is 0 Å². The molecule has 0 spiro atoms. The highest BCUT2D eigenvalue weighted by atomic mass is 19.2. The largest absolute Gasteiger partial charge is 0.482 e. The second-order valence-electron chi connectivity index (χ2n) is 8.79. The van der Waals surface area contributed by atoms with Gasteiger partial charge in [-0.25, -0.2) is 23.4 Å². The van der Waals surface area contributed by atoms with Crippen LogP contribution in [0.4, 0.5) is 20.5 Å². The van der Waals surface area contributed by atoms with Gasteiger partial charge in [-0.2, -0.15) is 4.98 Å². The number of hydrogen-bond donors (Lipinski definition) is 1. The molecule has 1 N–H and O–H groups in total. The van der Waals surface area contributed by atoms with E-state index < -0.39 is 11.6 Å². The fourth-order valence-electron chi connectivity index (χ4n) is 4.54. The fourth-order valence-corrected chi connectivity index (χ4v) is 4.54. The highest BCUT2D eigenvalue weighted by Crippen LogP contribution is 2.31.